The highest BCUT2D eigenvalue weighted by Gasteiger charge is 2.36. The van der Waals surface area contributed by atoms with E-state index in [4.69, 9.17) is 9.52 Å². The van der Waals surface area contributed by atoms with E-state index in [1.54, 1.807) is 16.8 Å². The van der Waals surface area contributed by atoms with Crippen LogP contribution in [0.15, 0.2) is 77.6 Å². The SMILES string of the molecule is Fc1ccc(-c2nn(C3CCC(F)(F)CC3)cc2-c2ncnc3oc(-c4ccccc4)cc23)cc1. The first-order chi connectivity index (χ1) is 17.0. The Bertz CT molecular complexity index is 1480. The number of nitrogens with zero attached hydrogens (tertiary/aromatic N) is 4. The van der Waals surface area contributed by atoms with Gasteiger partial charge in [-0.05, 0) is 43.2 Å². The van der Waals surface area contributed by atoms with Crippen LogP contribution < -0.4 is 0 Å². The Hall–Kier alpha value is -3.94. The number of aromatic nitrogens is 4. The maximum atomic E-state index is 13.8. The molecule has 0 unspecified atom stereocenters. The van der Waals surface area contributed by atoms with Crippen molar-refractivity contribution in [2.45, 2.75) is 37.6 Å². The molecule has 0 aliphatic heterocycles. The lowest BCUT2D eigenvalue weighted by Crippen LogP contribution is -2.26. The van der Waals surface area contributed by atoms with Crippen LogP contribution >= 0.6 is 0 Å². The van der Waals surface area contributed by atoms with E-state index in [0.29, 0.717) is 52.2 Å². The maximum Gasteiger partial charge on any atom is 0.248 e. The smallest absolute Gasteiger partial charge is 0.248 e. The second-order valence-corrected chi connectivity index (χ2v) is 8.88. The maximum absolute atomic E-state index is 13.8. The van der Waals surface area contributed by atoms with E-state index in [9.17, 15) is 13.2 Å². The van der Waals surface area contributed by atoms with Gasteiger partial charge in [-0.1, -0.05) is 30.3 Å². The molecule has 0 atom stereocenters. The molecule has 0 N–H and O–H groups in total. The minimum atomic E-state index is -2.63. The van der Waals surface area contributed by atoms with Gasteiger partial charge < -0.3 is 4.42 Å². The van der Waals surface area contributed by atoms with Crippen molar-refractivity contribution >= 4 is 11.1 Å². The zero-order valence-corrected chi connectivity index (χ0v) is 18.7. The third-order valence-electron chi connectivity index (χ3n) is 6.55. The summed E-state index contributed by atoms with van der Waals surface area (Å²) in [7, 11) is 0. The Morgan fingerprint density at radius 2 is 1.63 bits per heavy atom. The molecular weight excluding hydrogens is 453 g/mol. The van der Waals surface area contributed by atoms with Crippen LogP contribution in [-0.2, 0) is 0 Å². The summed E-state index contributed by atoms with van der Waals surface area (Å²) in [6, 6.07) is 17.5. The Morgan fingerprint density at radius 3 is 2.37 bits per heavy atom. The monoisotopic (exact) mass is 474 g/mol. The lowest BCUT2D eigenvalue weighted by atomic mass is 9.92. The molecular formula is C27H21F3N4O. The average Bonchev–Trinajstić information content (AvgIpc) is 3.50. The first-order valence-corrected chi connectivity index (χ1v) is 11.5. The molecule has 3 aromatic heterocycles. The summed E-state index contributed by atoms with van der Waals surface area (Å²) >= 11 is 0. The van der Waals surface area contributed by atoms with Crippen molar-refractivity contribution in [3.05, 3.63) is 79.0 Å². The summed E-state index contributed by atoms with van der Waals surface area (Å²) in [6.07, 6.45) is 3.62. The van der Waals surface area contributed by atoms with Gasteiger partial charge >= 0.3 is 0 Å². The van der Waals surface area contributed by atoms with E-state index in [0.717, 1.165) is 5.56 Å². The zero-order chi connectivity index (χ0) is 24.0. The van der Waals surface area contributed by atoms with Crippen LogP contribution in [0.5, 0.6) is 0 Å². The van der Waals surface area contributed by atoms with Gasteiger partial charge in [-0.15, -0.1) is 0 Å². The second kappa shape index (κ2) is 8.37. The van der Waals surface area contributed by atoms with Crippen molar-refractivity contribution in [3.63, 3.8) is 0 Å². The molecule has 1 aliphatic rings. The van der Waals surface area contributed by atoms with Crippen molar-refractivity contribution in [2.24, 2.45) is 0 Å². The molecule has 0 bridgehead atoms. The van der Waals surface area contributed by atoms with Crippen molar-refractivity contribution in [1.82, 2.24) is 19.7 Å². The van der Waals surface area contributed by atoms with Crippen LogP contribution in [0.2, 0.25) is 0 Å². The van der Waals surface area contributed by atoms with Gasteiger partial charge in [0, 0.05) is 35.7 Å². The zero-order valence-electron chi connectivity index (χ0n) is 18.7. The van der Waals surface area contributed by atoms with Gasteiger partial charge in [-0.2, -0.15) is 5.10 Å². The summed E-state index contributed by atoms with van der Waals surface area (Å²) in [5.41, 5.74) is 3.98. The molecule has 6 rings (SSSR count). The quantitative estimate of drug-likeness (QED) is 0.274. The topological polar surface area (TPSA) is 56.7 Å². The second-order valence-electron chi connectivity index (χ2n) is 8.88. The Balaban J connectivity index is 1.49. The normalized spacial score (nSPS) is 16.1. The number of furan rings is 1. The molecule has 1 saturated carbocycles. The van der Waals surface area contributed by atoms with Crippen LogP contribution in [0.25, 0.3) is 44.9 Å². The first kappa shape index (κ1) is 21.6. The van der Waals surface area contributed by atoms with Crippen LogP contribution in [0.4, 0.5) is 13.2 Å². The largest absolute Gasteiger partial charge is 0.438 e. The molecule has 35 heavy (non-hydrogen) atoms. The number of hydrogen-bond acceptors (Lipinski definition) is 4. The summed E-state index contributed by atoms with van der Waals surface area (Å²) in [6.45, 7) is 0. The fourth-order valence-corrected chi connectivity index (χ4v) is 4.68. The fraction of sp³-hybridized carbons (Fsp3) is 0.222. The van der Waals surface area contributed by atoms with Gasteiger partial charge in [0.1, 0.15) is 23.6 Å². The number of alkyl halides is 2. The molecule has 1 fully saturated rings. The predicted octanol–water partition coefficient (Wildman–Crippen LogP) is 7.31. The Morgan fingerprint density at radius 1 is 0.886 bits per heavy atom. The van der Waals surface area contributed by atoms with Crippen molar-refractivity contribution in [3.8, 4) is 33.8 Å². The standard InChI is InChI=1S/C27H21F3N4O/c28-19-8-6-18(7-9-19)24-22(15-34(33-24)20-10-12-27(29,30)13-11-20)25-21-14-23(17-4-2-1-3-5-17)35-26(21)32-16-31-25/h1-9,14-16,20H,10-13H2. The number of hydrogen-bond donors (Lipinski definition) is 0. The van der Waals surface area contributed by atoms with Gasteiger partial charge in [-0.25, -0.2) is 23.1 Å². The van der Waals surface area contributed by atoms with Crippen LogP contribution in [0.3, 0.4) is 0 Å². The molecule has 3 heterocycles. The molecule has 0 amide bonds. The molecule has 176 valence electrons. The summed E-state index contributed by atoms with van der Waals surface area (Å²) in [4.78, 5) is 8.85. The molecule has 8 heteroatoms. The highest BCUT2D eigenvalue weighted by atomic mass is 19.3. The van der Waals surface area contributed by atoms with Crippen molar-refractivity contribution in [2.75, 3.05) is 0 Å². The van der Waals surface area contributed by atoms with E-state index < -0.39 is 5.92 Å². The number of fused-ring (bicyclic) bond motifs is 1. The summed E-state index contributed by atoms with van der Waals surface area (Å²) in [5.74, 6) is -2.32. The third kappa shape index (κ3) is 4.09. The molecule has 5 nitrogen and oxygen atoms in total. The van der Waals surface area contributed by atoms with Gasteiger partial charge in [0.25, 0.3) is 0 Å². The summed E-state index contributed by atoms with van der Waals surface area (Å²) in [5, 5.41) is 5.50. The molecule has 0 saturated heterocycles. The van der Waals surface area contributed by atoms with Crippen LogP contribution in [-0.4, -0.2) is 25.7 Å². The van der Waals surface area contributed by atoms with Crippen molar-refractivity contribution < 1.29 is 17.6 Å². The molecule has 2 aromatic carbocycles. The highest BCUT2D eigenvalue weighted by Crippen LogP contribution is 2.41. The van der Waals surface area contributed by atoms with Gasteiger partial charge in [0.15, 0.2) is 0 Å². The fourth-order valence-electron chi connectivity index (χ4n) is 4.68. The van der Waals surface area contributed by atoms with E-state index >= 15 is 0 Å². The number of benzene rings is 2. The first-order valence-electron chi connectivity index (χ1n) is 11.5. The molecule has 5 aromatic rings. The lowest BCUT2D eigenvalue weighted by molar-refractivity contribution is -0.0449. The number of rotatable bonds is 4. The minimum absolute atomic E-state index is 0.149. The number of halogens is 3. The van der Waals surface area contributed by atoms with Gasteiger partial charge in [0.2, 0.25) is 11.6 Å². The average molecular weight is 474 g/mol. The molecule has 0 spiro atoms. The van der Waals surface area contributed by atoms with E-state index in [1.807, 2.05) is 42.6 Å². The highest BCUT2D eigenvalue weighted by molar-refractivity contribution is 5.95. The van der Waals surface area contributed by atoms with Gasteiger partial charge in [0.05, 0.1) is 17.1 Å². The molecule has 1 aliphatic carbocycles. The van der Waals surface area contributed by atoms with E-state index in [1.165, 1.54) is 18.5 Å². The minimum Gasteiger partial charge on any atom is -0.438 e. The van der Waals surface area contributed by atoms with E-state index in [-0.39, 0.29) is 24.7 Å². The van der Waals surface area contributed by atoms with Crippen LogP contribution in [0, 0.1) is 5.82 Å². The van der Waals surface area contributed by atoms with Crippen molar-refractivity contribution in [1.29, 1.82) is 0 Å². The molecule has 0 radical (unpaired) electrons. The third-order valence-corrected chi connectivity index (χ3v) is 6.55. The Labute approximate surface area is 199 Å². The summed E-state index contributed by atoms with van der Waals surface area (Å²) < 4.78 is 48.9. The predicted molar refractivity (Wildman–Crippen MR) is 126 cm³/mol. The van der Waals surface area contributed by atoms with E-state index in [2.05, 4.69) is 9.97 Å². The van der Waals surface area contributed by atoms with Crippen LogP contribution in [0.1, 0.15) is 31.7 Å². The van der Waals surface area contributed by atoms with Gasteiger partial charge in [-0.3, -0.25) is 4.68 Å². The lowest BCUT2D eigenvalue weighted by Gasteiger charge is -2.28. The Kier molecular flexibility index (Phi) is 5.16.